The quantitative estimate of drug-likeness (QED) is 0.872. The van der Waals surface area contributed by atoms with E-state index < -0.39 is 10.0 Å². The van der Waals surface area contributed by atoms with Crippen LogP contribution in [-0.4, -0.2) is 31.9 Å². The predicted octanol–water partition coefficient (Wildman–Crippen LogP) is 2.62. The second-order valence-electron chi connectivity index (χ2n) is 5.06. The van der Waals surface area contributed by atoms with E-state index in [0.29, 0.717) is 23.9 Å². The molecule has 1 aliphatic heterocycles. The Labute approximate surface area is 135 Å². The molecule has 0 radical (unpaired) electrons. The first-order valence-corrected chi connectivity index (χ1v) is 8.66. The summed E-state index contributed by atoms with van der Waals surface area (Å²) < 4.78 is 27.3. The molecule has 1 aliphatic rings. The molecule has 1 saturated heterocycles. The highest BCUT2D eigenvalue weighted by Gasteiger charge is 2.30. The number of nitrogens with two attached hydrogens (primary N) is 1. The van der Waals surface area contributed by atoms with E-state index >= 15 is 0 Å². The van der Waals surface area contributed by atoms with Gasteiger partial charge in [0.2, 0.25) is 10.0 Å². The number of sulfonamides is 1. The summed E-state index contributed by atoms with van der Waals surface area (Å²) in [6.45, 7) is 3.10. The van der Waals surface area contributed by atoms with Gasteiger partial charge in [0.25, 0.3) is 0 Å². The van der Waals surface area contributed by atoms with Crippen LogP contribution in [0.25, 0.3) is 0 Å². The van der Waals surface area contributed by atoms with E-state index in [1.54, 1.807) is 22.5 Å². The van der Waals surface area contributed by atoms with Crippen LogP contribution < -0.4 is 5.73 Å². The molecule has 0 aliphatic carbocycles. The van der Waals surface area contributed by atoms with Crippen molar-refractivity contribution in [2.45, 2.75) is 30.7 Å². The predicted molar refractivity (Wildman–Crippen MR) is 86.5 cm³/mol. The molecule has 1 fully saturated rings. The molecule has 7 heteroatoms. The highest BCUT2D eigenvalue weighted by Crippen LogP contribution is 2.26. The van der Waals surface area contributed by atoms with Crippen molar-refractivity contribution in [1.29, 1.82) is 0 Å². The van der Waals surface area contributed by atoms with E-state index in [-0.39, 0.29) is 18.4 Å². The van der Waals surface area contributed by atoms with Gasteiger partial charge in [0.05, 0.1) is 4.90 Å². The zero-order valence-electron chi connectivity index (χ0n) is 11.3. The number of halogens is 2. The Kier molecular flexibility index (Phi) is 6.47. The SMILES string of the molecule is CC(N)C1CCN(S(=O)(=O)c2cccc(Br)c2)CC1.Cl. The van der Waals surface area contributed by atoms with Crippen molar-refractivity contribution in [2.75, 3.05) is 13.1 Å². The van der Waals surface area contributed by atoms with Crippen LogP contribution in [0.15, 0.2) is 33.6 Å². The van der Waals surface area contributed by atoms with Gasteiger partial charge in [-0.25, -0.2) is 8.42 Å². The lowest BCUT2D eigenvalue weighted by Crippen LogP contribution is -2.42. The standard InChI is InChI=1S/C13H19BrN2O2S.ClH/c1-10(15)11-5-7-16(8-6-11)19(17,18)13-4-2-3-12(14)9-13;/h2-4,9-11H,5-8,15H2,1H3;1H. The van der Waals surface area contributed by atoms with E-state index in [4.69, 9.17) is 5.73 Å². The van der Waals surface area contributed by atoms with Crippen molar-refractivity contribution in [3.05, 3.63) is 28.7 Å². The summed E-state index contributed by atoms with van der Waals surface area (Å²) in [5.74, 6) is 0.425. The molecule has 0 saturated carbocycles. The maximum Gasteiger partial charge on any atom is 0.243 e. The van der Waals surface area contributed by atoms with Crippen LogP contribution in [0.5, 0.6) is 0 Å². The van der Waals surface area contributed by atoms with Gasteiger partial charge in [0.15, 0.2) is 0 Å². The average Bonchev–Trinajstić information content (AvgIpc) is 2.39. The fourth-order valence-corrected chi connectivity index (χ4v) is 4.49. The highest BCUT2D eigenvalue weighted by atomic mass is 79.9. The van der Waals surface area contributed by atoms with Crippen LogP contribution in [-0.2, 0) is 10.0 Å². The maximum absolute atomic E-state index is 12.5. The summed E-state index contributed by atoms with van der Waals surface area (Å²) >= 11 is 3.31. The van der Waals surface area contributed by atoms with Gasteiger partial charge in [0, 0.05) is 23.6 Å². The lowest BCUT2D eigenvalue weighted by atomic mass is 9.92. The molecule has 1 heterocycles. The van der Waals surface area contributed by atoms with Crippen LogP contribution in [0.3, 0.4) is 0 Å². The monoisotopic (exact) mass is 382 g/mol. The molecule has 4 nitrogen and oxygen atoms in total. The molecule has 2 rings (SSSR count). The van der Waals surface area contributed by atoms with E-state index in [2.05, 4.69) is 15.9 Å². The van der Waals surface area contributed by atoms with Crippen LogP contribution in [0, 0.1) is 5.92 Å². The molecule has 0 amide bonds. The van der Waals surface area contributed by atoms with E-state index in [0.717, 1.165) is 17.3 Å². The van der Waals surface area contributed by atoms with E-state index in [9.17, 15) is 8.42 Å². The normalized spacial score (nSPS) is 19.4. The van der Waals surface area contributed by atoms with Crippen molar-refractivity contribution in [2.24, 2.45) is 11.7 Å². The van der Waals surface area contributed by atoms with Gasteiger partial charge in [-0.15, -0.1) is 12.4 Å². The molecule has 114 valence electrons. The van der Waals surface area contributed by atoms with Gasteiger partial charge in [-0.05, 0) is 43.9 Å². The third kappa shape index (κ3) is 3.95. The van der Waals surface area contributed by atoms with Gasteiger partial charge in [-0.2, -0.15) is 4.31 Å². The lowest BCUT2D eigenvalue weighted by Gasteiger charge is -2.32. The number of hydrogen-bond donors (Lipinski definition) is 1. The lowest BCUT2D eigenvalue weighted by molar-refractivity contribution is 0.250. The summed E-state index contributed by atoms with van der Waals surface area (Å²) in [6, 6.07) is 6.98. The van der Waals surface area contributed by atoms with Gasteiger partial charge < -0.3 is 5.73 Å². The van der Waals surface area contributed by atoms with Gasteiger partial charge in [0.1, 0.15) is 0 Å². The summed E-state index contributed by atoms with van der Waals surface area (Å²) in [5.41, 5.74) is 5.88. The molecule has 0 bridgehead atoms. The highest BCUT2D eigenvalue weighted by molar-refractivity contribution is 9.10. The first kappa shape index (κ1) is 17.9. The molecule has 2 N–H and O–H groups in total. The molecular formula is C13H20BrClN2O2S. The smallest absolute Gasteiger partial charge is 0.243 e. The molecule has 1 atom stereocenters. The number of nitrogens with zero attached hydrogens (tertiary/aromatic N) is 1. The van der Waals surface area contributed by atoms with E-state index in [1.165, 1.54) is 0 Å². The van der Waals surface area contributed by atoms with E-state index in [1.807, 2.05) is 13.0 Å². The molecule has 1 aromatic carbocycles. The molecule has 1 unspecified atom stereocenters. The van der Waals surface area contributed by atoms with Crippen molar-refractivity contribution in [3.8, 4) is 0 Å². The zero-order chi connectivity index (χ0) is 14.0. The van der Waals surface area contributed by atoms with Crippen molar-refractivity contribution in [3.63, 3.8) is 0 Å². The third-order valence-corrected chi connectivity index (χ3v) is 6.06. The average molecular weight is 384 g/mol. The Hall–Kier alpha value is -0.140. The Balaban J connectivity index is 0.00000200. The van der Waals surface area contributed by atoms with Crippen molar-refractivity contribution in [1.82, 2.24) is 4.31 Å². The van der Waals surface area contributed by atoms with Gasteiger partial charge >= 0.3 is 0 Å². The Morgan fingerprint density at radius 2 is 1.95 bits per heavy atom. The summed E-state index contributed by atoms with van der Waals surface area (Å²) in [7, 11) is -3.37. The Bertz CT molecular complexity index is 543. The summed E-state index contributed by atoms with van der Waals surface area (Å²) in [5, 5.41) is 0. The number of hydrogen-bond acceptors (Lipinski definition) is 3. The summed E-state index contributed by atoms with van der Waals surface area (Å²) in [6.07, 6.45) is 1.68. The molecule has 1 aromatic rings. The Morgan fingerprint density at radius 3 is 2.45 bits per heavy atom. The second kappa shape index (κ2) is 7.22. The Morgan fingerprint density at radius 1 is 1.35 bits per heavy atom. The van der Waals surface area contributed by atoms with Crippen molar-refractivity contribution >= 4 is 38.4 Å². The third-order valence-electron chi connectivity index (χ3n) is 3.68. The molecule has 20 heavy (non-hydrogen) atoms. The topological polar surface area (TPSA) is 63.4 Å². The minimum absolute atomic E-state index is 0. The molecule has 0 aromatic heterocycles. The van der Waals surface area contributed by atoms with Crippen molar-refractivity contribution < 1.29 is 8.42 Å². The minimum Gasteiger partial charge on any atom is -0.328 e. The fourth-order valence-electron chi connectivity index (χ4n) is 2.42. The fraction of sp³-hybridized carbons (Fsp3) is 0.538. The van der Waals surface area contributed by atoms with Crippen LogP contribution in [0.1, 0.15) is 19.8 Å². The number of piperidine rings is 1. The van der Waals surface area contributed by atoms with Crippen LogP contribution in [0.2, 0.25) is 0 Å². The molecular weight excluding hydrogens is 364 g/mol. The minimum atomic E-state index is -3.37. The zero-order valence-corrected chi connectivity index (χ0v) is 14.5. The summed E-state index contributed by atoms with van der Waals surface area (Å²) in [4.78, 5) is 0.348. The second-order valence-corrected chi connectivity index (χ2v) is 7.91. The molecule has 0 spiro atoms. The van der Waals surface area contributed by atoms with Gasteiger partial charge in [-0.3, -0.25) is 0 Å². The van der Waals surface area contributed by atoms with Gasteiger partial charge in [-0.1, -0.05) is 22.0 Å². The first-order chi connectivity index (χ1) is 8.91. The van der Waals surface area contributed by atoms with Crippen LogP contribution in [0.4, 0.5) is 0 Å². The number of benzene rings is 1. The number of rotatable bonds is 3. The first-order valence-electron chi connectivity index (χ1n) is 6.42. The maximum atomic E-state index is 12.5. The van der Waals surface area contributed by atoms with Crippen LogP contribution >= 0.6 is 28.3 Å². The largest absolute Gasteiger partial charge is 0.328 e.